The highest BCUT2D eigenvalue weighted by atomic mass is 32.1. The highest BCUT2D eigenvalue weighted by molar-refractivity contribution is 7.11. The number of nitrogens with two attached hydrogens (primary N) is 1. The largest absolute Gasteiger partial charge is 0.389 e. The molecule has 0 aromatic carbocycles. The third kappa shape index (κ3) is 4.57. The van der Waals surface area contributed by atoms with Crippen LogP contribution in [0.4, 0.5) is 24.0 Å². The van der Waals surface area contributed by atoms with E-state index in [-0.39, 0.29) is 6.42 Å². The Morgan fingerprint density at radius 3 is 2.71 bits per heavy atom. The molecular weight excluding hydrogens is 321 g/mol. The Morgan fingerprint density at radius 2 is 2.10 bits per heavy atom. The number of rotatable bonds is 6. The number of alkyl halides is 3. The molecule has 0 fully saturated rings. The van der Waals surface area contributed by atoms with Crippen LogP contribution in [0, 0.1) is 6.92 Å². The number of nitrogens with one attached hydrogen (secondary N) is 1. The molecule has 2 heterocycles. The number of thiazole rings is 1. The van der Waals surface area contributed by atoms with Gasteiger partial charge in [0.25, 0.3) is 0 Å². The molecule has 2 aromatic rings. The third-order valence-electron chi connectivity index (χ3n) is 2.77. The molecule has 0 saturated heterocycles. The minimum Gasteiger partial charge on any atom is -0.382 e. The maximum Gasteiger partial charge on any atom is 0.389 e. The summed E-state index contributed by atoms with van der Waals surface area (Å²) in [4.78, 5) is 4.37. The van der Waals surface area contributed by atoms with Gasteiger partial charge < -0.3 is 11.1 Å². The quantitative estimate of drug-likeness (QED) is 0.772. The van der Waals surface area contributed by atoms with Crippen molar-refractivity contribution in [1.29, 1.82) is 0 Å². The van der Waals surface area contributed by atoms with Crippen LogP contribution in [0.15, 0.2) is 5.38 Å². The van der Waals surface area contributed by atoms with E-state index in [9.17, 15) is 13.2 Å². The Morgan fingerprint density at radius 1 is 1.33 bits per heavy atom. The summed E-state index contributed by atoms with van der Waals surface area (Å²) in [6.07, 6.45) is -4.29. The highest BCUT2D eigenvalue weighted by Crippen LogP contribution is 2.37. The van der Waals surface area contributed by atoms with E-state index in [4.69, 9.17) is 5.73 Å². The van der Waals surface area contributed by atoms with Gasteiger partial charge in [-0.1, -0.05) is 0 Å². The van der Waals surface area contributed by atoms with Crippen molar-refractivity contribution in [2.24, 2.45) is 0 Å². The number of aryl methyl sites for hydroxylation is 1. The summed E-state index contributed by atoms with van der Waals surface area (Å²) >= 11 is 2.71. The Kier molecular flexibility index (Phi) is 5.04. The van der Waals surface area contributed by atoms with Crippen LogP contribution in [0.5, 0.6) is 0 Å². The van der Waals surface area contributed by atoms with Crippen molar-refractivity contribution in [2.75, 3.05) is 17.6 Å². The van der Waals surface area contributed by atoms with E-state index in [1.807, 2.05) is 12.3 Å². The summed E-state index contributed by atoms with van der Waals surface area (Å²) < 4.78 is 40.2. The number of halogens is 3. The molecule has 0 radical (unpaired) electrons. The molecule has 0 atom stereocenters. The normalized spacial score (nSPS) is 11.8. The molecule has 0 spiro atoms. The molecule has 0 amide bonds. The van der Waals surface area contributed by atoms with Crippen molar-refractivity contribution in [2.45, 2.75) is 32.4 Å². The second-order valence-corrected chi connectivity index (χ2v) is 6.36. The third-order valence-corrected chi connectivity index (χ3v) is 4.36. The van der Waals surface area contributed by atoms with Gasteiger partial charge in [-0.15, -0.1) is 11.3 Å². The van der Waals surface area contributed by atoms with Crippen LogP contribution in [0.3, 0.4) is 0 Å². The van der Waals surface area contributed by atoms with E-state index in [0.717, 1.165) is 21.3 Å². The lowest BCUT2D eigenvalue weighted by atomic mass is 10.2. The van der Waals surface area contributed by atoms with Crippen LogP contribution in [-0.4, -0.2) is 22.1 Å². The predicted octanol–water partition coefficient (Wildman–Crippen LogP) is 4.30. The molecule has 2 aromatic heterocycles. The Labute approximate surface area is 128 Å². The van der Waals surface area contributed by atoms with E-state index < -0.39 is 12.6 Å². The zero-order valence-electron chi connectivity index (χ0n) is 11.3. The molecule has 116 valence electrons. The minimum absolute atomic E-state index is 0.107. The molecule has 9 heteroatoms. The summed E-state index contributed by atoms with van der Waals surface area (Å²) in [5, 5.41) is 6.67. The van der Waals surface area contributed by atoms with Crippen LogP contribution in [0.1, 0.15) is 24.3 Å². The van der Waals surface area contributed by atoms with Crippen LogP contribution >= 0.6 is 22.9 Å². The van der Waals surface area contributed by atoms with E-state index in [0.29, 0.717) is 18.8 Å². The van der Waals surface area contributed by atoms with Gasteiger partial charge in [0, 0.05) is 18.3 Å². The van der Waals surface area contributed by atoms with Crippen molar-refractivity contribution in [3.05, 3.63) is 10.4 Å². The zero-order valence-corrected chi connectivity index (χ0v) is 13.0. The lowest BCUT2D eigenvalue weighted by Crippen LogP contribution is -2.08. The summed E-state index contributed by atoms with van der Waals surface area (Å²) in [5.74, 6) is 0.392. The van der Waals surface area contributed by atoms with Crippen molar-refractivity contribution in [3.8, 4) is 11.3 Å². The van der Waals surface area contributed by atoms with Crippen LogP contribution < -0.4 is 11.1 Å². The number of aromatic nitrogens is 2. The first-order valence-electron chi connectivity index (χ1n) is 6.35. The van der Waals surface area contributed by atoms with Gasteiger partial charge in [-0.2, -0.15) is 17.5 Å². The van der Waals surface area contributed by atoms with Gasteiger partial charge in [-0.05, 0) is 31.3 Å². The molecule has 4 nitrogen and oxygen atoms in total. The van der Waals surface area contributed by atoms with Crippen molar-refractivity contribution >= 4 is 33.7 Å². The second kappa shape index (κ2) is 6.61. The van der Waals surface area contributed by atoms with Crippen LogP contribution in [0.25, 0.3) is 11.3 Å². The highest BCUT2D eigenvalue weighted by Gasteiger charge is 2.25. The van der Waals surface area contributed by atoms with Crippen molar-refractivity contribution in [3.63, 3.8) is 0 Å². The van der Waals surface area contributed by atoms with Crippen LogP contribution in [-0.2, 0) is 0 Å². The molecular formula is C12H15F3N4S2. The first kappa shape index (κ1) is 16.0. The predicted molar refractivity (Wildman–Crippen MR) is 80.8 cm³/mol. The van der Waals surface area contributed by atoms with Crippen molar-refractivity contribution in [1.82, 2.24) is 9.36 Å². The monoisotopic (exact) mass is 336 g/mol. The number of anilines is 2. The van der Waals surface area contributed by atoms with Gasteiger partial charge in [0.2, 0.25) is 0 Å². The van der Waals surface area contributed by atoms with Gasteiger partial charge >= 0.3 is 6.18 Å². The number of nitrogen functional groups attached to an aromatic ring is 1. The average molecular weight is 336 g/mol. The minimum atomic E-state index is -4.09. The van der Waals surface area contributed by atoms with Gasteiger partial charge in [0.1, 0.15) is 10.8 Å². The standard InChI is InChI=1S/C12H15F3N4S2/c1-7-18-8(6-20-7)9-10(16)19-21-11(9)17-5-3-2-4-12(13,14)15/h6,17H,2-5H2,1H3,(H2,16,19). The summed E-state index contributed by atoms with van der Waals surface area (Å²) in [7, 11) is 0. The van der Waals surface area contributed by atoms with E-state index >= 15 is 0 Å². The van der Waals surface area contributed by atoms with Gasteiger partial charge in [0.05, 0.1) is 16.3 Å². The number of unbranched alkanes of at least 4 members (excludes halogenated alkanes) is 1. The van der Waals surface area contributed by atoms with E-state index in [1.54, 1.807) is 0 Å². The molecule has 0 bridgehead atoms. The second-order valence-electron chi connectivity index (χ2n) is 4.52. The topological polar surface area (TPSA) is 63.8 Å². The summed E-state index contributed by atoms with van der Waals surface area (Å²) in [6, 6.07) is 0. The average Bonchev–Trinajstić information content (AvgIpc) is 2.94. The maximum atomic E-state index is 12.0. The molecule has 2 rings (SSSR count). The van der Waals surface area contributed by atoms with E-state index in [2.05, 4.69) is 14.7 Å². The fourth-order valence-corrected chi connectivity index (χ4v) is 3.15. The Bertz CT molecular complexity index is 592. The van der Waals surface area contributed by atoms with Gasteiger partial charge in [-0.25, -0.2) is 4.98 Å². The smallest absolute Gasteiger partial charge is 0.382 e. The van der Waals surface area contributed by atoms with Gasteiger partial charge in [0.15, 0.2) is 0 Å². The lowest BCUT2D eigenvalue weighted by Gasteiger charge is -2.07. The number of hydrogen-bond donors (Lipinski definition) is 2. The number of nitrogens with zero attached hydrogens (tertiary/aromatic N) is 2. The maximum absolute atomic E-state index is 12.0. The zero-order chi connectivity index (χ0) is 15.5. The molecule has 0 saturated carbocycles. The molecule has 0 aliphatic carbocycles. The Balaban J connectivity index is 1.93. The summed E-state index contributed by atoms with van der Waals surface area (Å²) in [5.41, 5.74) is 7.33. The fraction of sp³-hybridized carbons (Fsp3) is 0.500. The SMILES string of the molecule is Cc1nc(-c2c(N)nsc2NCCCCC(F)(F)F)cs1. The number of hydrogen-bond acceptors (Lipinski definition) is 6. The first-order valence-corrected chi connectivity index (χ1v) is 8.00. The lowest BCUT2D eigenvalue weighted by molar-refractivity contribution is -0.135. The van der Waals surface area contributed by atoms with E-state index in [1.165, 1.54) is 22.9 Å². The van der Waals surface area contributed by atoms with Gasteiger partial charge in [-0.3, -0.25) is 0 Å². The van der Waals surface area contributed by atoms with Crippen LogP contribution in [0.2, 0.25) is 0 Å². The Hall–Kier alpha value is -1.35. The van der Waals surface area contributed by atoms with Crippen molar-refractivity contribution < 1.29 is 13.2 Å². The summed E-state index contributed by atoms with van der Waals surface area (Å²) in [6.45, 7) is 2.35. The molecule has 0 aliphatic heterocycles. The molecule has 21 heavy (non-hydrogen) atoms. The molecule has 3 N–H and O–H groups in total. The first-order chi connectivity index (χ1) is 9.87. The fourth-order valence-electron chi connectivity index (χ4n) is 1.80. The molecule has 0 unspecified atom stereocenters. The molecule has 0 aliphatic rings.